The van der Waals surface area contributed by atoms with Gasteiger partial charge in [-0.2, -0.15) is 0 Å². The molecule has 19 heavy (non-hydrogen) atoms. The lowest BCUT2D eigenvalue weighted by molar-refractivity contribution is 0.0696. The van der Waals surface area contributed by atoms with E-state index in [9.17, 15) is 9.59 Å². The summed E-state index contributed by atoms with van der Waals surface area (Å²) in [6.45, 7) is 3.82. The Morgan fingerprint density at radius 2 is 1.47 bits per heavy atom. The van der Waals surface area contributed by atoms with Crippen molar-refractivity contribution in [3.05, 3.63) is 70.3 Å². The summed E-state index contributed by atoms with van der Waals surface area (Å²) in [4.78, 5) is 23.1. The van der Waals surface area contributed by atoms with Crippen LogP contribution in [0.4, 0.5) is 0 Å². The molecule has 0 aliphatic carbocycles. The maximum atomic E-state index is 12.4. The fourth-order valence-corrected chi connectivity index (χ4v) is 1.90. The third kappa shape index (κ3) is 2.71. The summed E-state index contributed by atoms with van der Waals surface area (Å²) in [6, 6.07) is 11.7. The zero-order chi connectivity index (χ0) is 14.0. The molecule has 3 nitrogen and oxygen atoms in total. The predicted molar refractivity (Wildman–Crippen MR) is 72.7 cm³/mol. The van der Waals surface area contributed by atoms with Crippen LogP contribution in [0.15, 0.2) is 42.5 Å². The van der Waals surface area contributed by atoms with Crippen LogP contribution in [0, 0.1) is 13.8 Å². The van der Waals surface area contributed by atoms with Crippen LogP contribution in [0.3, 0.4) is 0 Å². The van der Waals surface area contributed by atoms with Crippen molar-refractivity contribution in [1.29, 1.82) is 0 Å². The predicted octanol–water partition coefficient (Wildman–Crippen LogP) is 3.23. The minimum Gasteiger partial charge on any atom is -0.478 e. The first kappa shape index (κ1) is 13.0. The number of carbonyl (C=O) groups excluding carboxylic acids is 1. The molecule has 0 saturated heterocycles. The minimum atomic E-state index is -0.995. The number of carbonyl (C=O) groups is 2. The molecular formula is C16H14O3. The first-order valence-corrected chi connectivity index (χ1v) is 5.94. The van der Waals surface area contributed by atoms with E-state index in [2.05, 4.69) is 0 Å². The van der Waals surface area contributed by atoms with Gasteiger partial charge in [0.1, 0.15) is 0 Å². The molecular weight excluding hydrogens is 240 g/mol. The van der Waals surface area contributed by atoms with Gasteiger partial charge in [0.05, 0.1) is 5.56 Å². The van der Waals surface area contributed by atoms with Gasteiger partial charge >= 0.3 is 5.97 Å². The largest absolute Gasteiger partial charge is 0.478 e. The molecule has 0 aliphatic heterocycles. The number of hydrogen-bond donors (Lipinski definition) is 1. The van der Waals surface area contributed by atoms with Crippen LogP contribution >= 0.6 is 0 Å². The van der Waals surface area contributed by atoms with E-state index in [1.54, 1.807) is 12.1 Å². The average Bonchev–Trinajstić information content (AvgIpc) is 2.41. The normalized spacial score (nSPS) is 10.2. The van der Waals surface area contributed by atoms with Gasteiger partial charge in [-0.05, 0) is 37.6 Å². The molecule has 2 aromatic rings. The number of rotatable bonds is 3. The first-order valence-electron chi connectivity index (χ1n) is 5.94. The molecule has 0 amide bonds. The van der Waals surface area contributed by atoms with Crippen molar-refractivity contribution in [2.75, 3.05) is 0 Å². The highest BCUT2D eigenvalue weighted by atomic mass is 16.4. The number of aryl methyl sites for hydroxylation is 2. The molecule has 0 bridgehead atoms. The van der Waals surface area contributed by atoms with Crippen LogP contribution in [-0.4, -0.2) is 16.9 Å². The van der Waals surface area contributed by atoms with Gasteiger partial charge in [-0.3, -0.25) is 4.79 Å². The van der Waals surface area contributed by atoms with Crippen LogP contribution in [0.5, 0.6) is 0 Å². The molecule has 0 radical (unpaired) electrons. The average molecular weight is 254 g/mol. The van der Waals surface area contributed by atoms with Gasteiger partial charge in [0.25, 0.3) is 0 Å². The Labute approximate surface area is 111 Å². The lowest BCUT2D eigenvalue weighted by Crippen LogP contribution is -2.05. The fourth-order valence-electron chi connectivity index (χ4n) is 1.90. The fraction of sp³-hybridized carbons (Fsp3) is 0.125. The van der Waals surface area contributed by atoms with Gasteiger partial charge in [0, 0.05) is 11.1 Å². The summed E-state index contributed by atoms with van der Waals surface area (Å²) in [6.07, 6.45) is 0. The summed E-state index contributed by atoms with van der Waals surface area (Å²) in [5, 5.41) is 8.83. The van der Waals surface area contributed by atoms with Crippen LogP contribution in [0.1, 0.15) is 37.4 Å². The third-order valence-electron chi connectivity index (χ3n) is 3.03. The second-order valence-corrected chi connectivity index (χ2v) is 4.53. The summed E-state index contributed by atoms with van der Waals surface area (Å²) in [5.74, 6) is -1.08. The number of benzene rings is 2. The van der Waals surface area contributed by atoms with Crippen LogP contribution in [-0.2, 0) is 0 Å². The van der Waals surface area contributed by atoms with Crippen molar-refractivity contribution >= 4 is 11.8 Å². The highest BCUT2D eigenvalue weighted by Crippen LogP contribution is 2.16. The second-order valence-electron chi connectivity index (χ2n) is 4.53. The molecule has 0 saturated carbocycles. The summed E-state index contributed by atoms with van der Waals surface area (Å²) < 4.78 is 0. The van der Waals surface area contributed by atoms with E-state index < -0.39 is 5.97 Å². The van der Waals surface area contributed by atoms with Crippen molar-refractivity contribution < 1.29 is 14.7 Å². The quantitative estimate of drug-likeness (QED) is 0.855. The van der Waals surface area contributed by atoms with Crippen molar-refractivity contribution in [2.24, 2.45) is 0 Å². The molecule has 0 heterocycles. The van der Waals surface area contributed by atoms with E-state index in [-0.39, 0.29) is 11.3 Å². The Hall–Kier alpha value is -2.42. The maximum absolute atomic E-state index is 12.4. The van der Waals surface area contributed by atoms with Crippen molar-refractivity contribution in [1.82, 2.24) is 0 Å². The number of hydrogen-bond acceptors (Lipinski definition) is 2. The lowest BCUT2D eigenvalue weighted by Gasteiger charge is -2.06. The van der Waals surface area contributed by atoms with E-state index in [0.29, 0.717) is 11.1 Å². The Morgan fingerprint density at radius 1 is 0.895 bits per heavy atom. The van der Waals surface area contributed by atoms with Gasteiger partial charge in [0.2, 0.25) is 0 Å². The minimum absolute atomic E-state index is 0.0851. The monoisotopic (exact) mass is 254 g/mol. The van der Waals surface area contributed by atoms with Crippen molar-refractivity contribution in [3.63, 3.8) is 0 Å². The summed E-state index contributed by atoms with van der Waals surface area (Å²) >= 11 is 0. The smallest absolute Gasteiger partial charge is 0.335 e. The first-order chi connectivity index (χ1) is 8.99. The molecule has 2 rings (SSSR count). The van der Waals surface area contributed by atoms with E-state index in [4.69, 9.17) is 5.11 Å². The Morgan fingerprint density at radius 3 is 2.05 bits per heavy atom. The van der Waals surface area contributed by atoms with E-state index in [0.717, 1.165) is 11.1 Å². The SMILES string of the molecule is Cc1ccc(C)c(C(=O)c2ccc(C(=O)O)cc2)c1. The van der Waals surface area contributed by atoms with Crippen molar-refractivity contribution in [2.45, 2.75) is 13.8 Å². The molecule has 3 heteroatoms. The Kier molecular flexibility index (Phi) is 3.47. The summed E-state index contributed by atoms with van der Waals surface area (Å²) in [5.41, 5.74) is 3.27. The molecule has 0 aromatic heterocycles. The Bertz CT molecular complexity index is 640. The lowest BCUT2D eigenvalue weighted by atomic mass is 9.97. The highest BCUT2D eigenvalue weighted by molar-refractivity contribution is 6.10. The van der Waals surface area contributed by atoms with Crippen LogP contribution in [0.25, 0.3) is 0 Å². The topological polar surface area (TPSA) is 54.4 Å². The Balaban J connectivity index is 2.38. The third-order valence-corrected chi connectivity index (χ3v) is 3.03. The molecule has 0 aliphatic rings. The molecule has 0 atom stereocenters. The second kappa shape index (κ2) is 5.06. The standard InChI is InChI=1S/C16H14O3/c1-10-3-4-11(2)14(9-10)15(17)12-5-7-13(8-6-12)16(18)19/h3-9H,1-2H3,(H,18,19). The van der Waals surface area contributed by atoms with Crippen LogP contribution in [0.2, 0.25) is 0 Å². The number of carboxylic acids is 1. The molecule has 0 spiro atoms. The number of carboxylic acid groups (broad SMARTS) is 1. The highest BCUT2D eigenvalue weighted by Gasteiger charge is 2.12. The van der Waals surface area contributed by atoms with Crippen LogP contribution < -0.4 is 0 Å². The molecule has 0 unspecified atom stereocenters. The van der Waals surface area contributed by atoms with Gasteiger partial charge in [-0.15, -0.1) is 0 Å². The summed E-state index contributed by atoms with van der Waals surface area (Å²) in [7, 11) is 0. The van der Waals surface area contributed by atoms with Gasteiger partial charge in [0.15, 0.2) is 5.78 Å². The maximum Gasteiger partial charge on any atom is 0.335 e. The molecule has 2 aromatic carbocycles. The van der Waals surface area contributed by atoms with E-state index in [1.165, 1.54) is 12.1 Å². The molecule has 1 N–H and O–H groups in total. The molecule has 0 fully saturated rings. The van der Waals surface area contributed by atoms with Gasteiger partial charge in [-0.1, -0.05) is 29.8 Å². The van der Waals surface area contributed by atoms with Crippen molar-refractivity contribution in [3.8, 4) is 0 Å². The van der Waals surface area contributed by atoms with E-state index in [1.807, 2.05) is 32.0 Å². The molecule has 96 valence electrons. The number of ketones is 1. The number of aromatic carboxylic acids is 1. The zero-order valence-electron chi connectivity index (χ0n) is 10.8. The van der Waals surface area contributed by atoms with E-state index >= 15 is 0 Å². The van der Waals surface area contributed by atoms with Gasteiger partial charge in [-0.25, -0.2) is 4.79 Å². The van der Waals surface area contributed by atoms with Gasteiger partial charge < -0.3 is 5.11 Å². The zero-order valence-corrected chi connectivity index (χ0v) is 10.8.